The maximum atomic E-state index is 12.4. The van der Waals surface area contributed by atoms with Crippen LogP contribution < -0.4 is 0 Å². The number of aryl methyl sites for hydroxylation is 3. The predicted octanol–water partition coefficient (Wildman–Crippen LogP) is 1.67. The Kier molecular flexibility index (Phi) is 5.20. The van der Waals surface area contributed by atoms with Crippen LogP contribution in [0.5, 0.6) is 0 Å². The Morgan fingerprint density at radius 1 is 1.38 bits per heavy atom. The van der Waals surface area contributed by atoms with Gasteiger partial charge in [0.25, 0.3) is 0 Å². The summed E-state index contributed by atoms with van der Waals surface area (Å²) in [5.74, 6) is 0.897. The topological polar surface area (TPSA) is 73.1 Å². The average Bonchev–Trinajstić information content (AvgIpc) is 3.07. The molecule has 0 spiro atoms. The third kappa shape index (κ3) is 4.17. The fourth-order valence-electron chi connectivity index (χ4n) is 2.95. The molecule has 7 nitrogen and oxygen atoms in total. The summed E-state index contributed by atoms with van der Waals surface area (Å²) >= 11 is 0. The van der Waals surface area contributed by atoms with Crippen molar-refractivity contribution in [1.82, 2.24) is 24.6 Å². The summed E-state index contributed by atoms with van der Waals surface area (Å²) in [4.78, 5) is 23.1. The highest BCUT2D eigenvalue weighted by molar-refractivity contribution is 5.76. The zero-order chi connectivity index (χ0) is 16.9. The van der Waals surface area contributed by atoms with E-state index in [9.17, 15) is 4.79 Å². The van der Waals surface area contributed by atoms with E-state index in [1.165, 1.54) is 0 Å². The van der Waals surface area contributed by atoms with Gasteiger partial charge in [-0.25, -0.2) is 9.97 Å². The molecule has 128 valence electrons. The van der Waals surface area contributed by atoms with Crippen molar-refractivity contribution in [1.29, 1.82) is 0 Å². The number of aromatic nitrogens is 4. The van der Waals surface area contributed by atoms with Crippen LogP contribution in [-0.4, -0.2) is 50.3 Å². The Balaban J connectivity index is 1.55. The first kappa shape index (κ1) is 16.6. The first-order chi connectivity index (χ1) is 11.6. The van der Waals surface area contributed by atoms with Gasteiger partial charge in [0.2, 0.25) is 5.91 Å². The highest BCUT2D eigenvalue weighted by Gasteiger charge is 2.26. The Morgan fingerprint density at radius 2 is 2.25 bits per heavy atom. The highest BCUT2D eigenvalue weighted by atomic mass is 16.5. The molecule has 3 heterocycles. The molecule has 1 amide bonds. The molecule has 1 fully saturated rings. The average molecular weight is 329 g/mol. The van der Waals surface area contributed by atoms with Crippen LogP contribution in [0, 0.1) is 13.8 Å². The smallest absolute Gasteiger partial charge is 0.222 e. The van der Waals surface area contributed by atoms with E-state index in [0.29, 0.717) is 26.1 Å². The van der Waals surface area contributed by atoms with Crippen LogP contribution >= 0.6 is 0 Å². The molecule has 1 saturated heterocycles. The minimum absolute atomic E-state index is 0.165. The summed E-state index contributed by atoms with van der Waals surface area (Å²) in [6, 6.07) is 3.82. The number of carbonyl (C=O) groups excluding carboxylic acids is 1. The first-order valence-electron chi connectivity index (χ1n) is 8.31. The lowest BCUT2D eigenvalue weighted by Gasteiger charge is -2.33. The lowest BCUT2D eigenvalue weighted by Crippen LogP contribution is -2.42. The van der Waals surface area contributed by atoms with E-state index >= 15 is 0 Å². The Bertz CT molecular complexity index is 666. The monoisotopic (exact) mass is 329 g/mol. The maximum absolute atomic E-state index is 12.4. The fraction of sp³-hybridized carbons (Fsp3) is 0.529. The second kappa shape index (κ2) is 7.53. The van der Waals surface area contributed by atoms with Gasteiger partial charge in [-0.15, -0.1) is 0 Å². The molecule has 7 heteroatoms. The maximum Gasteiger partial charge on any atom is 0.222 e. The van der Waals surface area contributed by atoms with E-state index < -0.39 is 0 Å². The van der Waals surface area contributed by atoms with Crippen LogP contribution in [0.25, 0.3) is 0 Å². The van der Waals surface area contributed by atoms with E-state index in [1.807, 2.05) is 41.8 Å². The van der Waals surface area contributed by atoms with Gasteiger partial charge in [-0.3, -0.25) is 9.48 Å². The zero-order valence-corrected chi connectivity index (χ0v) is 14.2. The zero-order valence-electron chi connectivity index (χ0n) is 14.2. The van der Waals surface area contributed by atoms with Crippen molar-refractivity contribution in [3.05, 3.63) is 41.7 Å². The normalized spacial score (nSPS) is 17.9. The largest absolute Gasteiger partial charge is 0.368 e. The van der Waals surface area contributed by atoms with Crippen LogP contribution in [0.1, 0.15) is 36.2 Å². The molecule has 3 rings (SSSR count). The lowest BCUT2D eigenvalue weighted by atomic mass is 10.1. The summed E-state index contributed by atoms with van der Waals surface area (Å²) in [5, 5.41) is 4.15. The van der Waals surface area contributed by atoms with Crippen molar-refractivity contribution in [2.75, 3.05) is 19.7 Å². The molecule has 1 atom stereocenters. The first-order valence-corrected chi connectivity index (χ1v) is 8.31. The van der Waals surface area contributed by atoms with Gasteiger partial charge < -0.3 is 9.64 Å². The van der Waals surface area contributed by atoms with Crippen LogP contribution in [0.3, 0.4) is 0 Å². The quantitative estimate of drug-likeness (QED) is 0.834. The fourth-order valence-corrected chi connectivity index (χ4v) is 2.95. The Morgan fingerprint density at radius 3 is 3.00 bits per heavy atom. The number of rotatable bonds is 5. The van der Waals surface area contributed by atoms with E-state index in [-0.39, 0.29) is 12.0 Å². The number of hydrogen-bond acceptors (Lipinski definition) is 5. The predicted molar refractivity (Wildman–Crippen MR) is 88.2 cm³/mol. The van der Waals surface area contributed by atoms with Gasteiger partial charge in [0.1, 0.15) is 11.9 Å². The summed E-state index contributed by atoms with van der Waals surface area (Å²) in [7, 11) is 0. The van der Waals surface area contributed by atoms with E-state index in [1.54, 1.807) is 6.20 Å². The molecule has 2 aromatic rings. The number of morpholine rings is 1. The molecule has 0 aliphatic carbocycles. The van der Waals surface area contributed by atoms with Crippen LogP contribution in [0.15, 0.2) is 24.5 Å². The van der Waals surface area contributed by atoms with Crippen molar-refractivity contribution < 1.29 is 9.53 Å². The second-order valence-corrected chi connectivity index (χ2v) is 6.05. The van der Waals surface area contributed by atoms with Gasteiger partial charge in [-0.05, 0) is 32.4 Å². The second-order valence-electron chi connectivity index (χ2n) is 6.05. The molecule has 0 N–H and O–H groups in total. The van der Waals surface area contributed by atoms with Gasteiger partial charge in [-0.2, -0.15) is 5.10 Å². The highest BCUT2D eigenvalue weighted by Crippen LogP contribution is 2.22. The SMILES string of the molecule is Cc1cc([C@H]2CN(C(=O)CCCn3cccn3)CCO2)nc(C)n1. The van der Waals surface area contributed by atoms with Crippen LogP contribution in [0.2, 0.25) is 0 Å². The van der Waals surface area contributed by atoms with Crippen molar-refractivity contribution in [3.63, 3.8) is 0 Å². The standard InChI is InChI=1S/C17H23N5O2/c1-13-11-15(20-14(2)19-13)16-12-21(9-10-24-16)17(23)5-3-7-22-8-4-6-18-22/h4,6,8,11,16H,3,5,7,9-10,12H2,1-2H3/t16-/m1/s1. The van der Waals surface area contributed by atoms with Gasteiger partial charge >= 0.3 is 0 Å². The van der Waals surface area contributed by atoms with E-state index in [0.717, 1.165) is 30.2 Å². The number of carbonyl (C=O) groups is 1. The molecule has 1 aliphatic heterocycles. The van der Waals surface area contributed by atoms with Gasteiger partial charge in [-0.1, -0.05) is 0 Å². The minimum Gasteiger partial charge on any atom is -0.368 e. The summed E-state index contributed by atoms with van der Waals surface area (Å²) in [6.07, 6.45) is 4.80. The molecule has 1 aliphatic rings. The third-order valence-corrected chi connectivity index (χ3v) is 4.07. The van der Waals surface area contributed by atoms with Crippen molar-refractivity contribution in [2.24, 2.45) is 0 Å². The molecule has 24 heavy (non-hydrogen) atoms. The lowest BCUT2D eigenvalue weighted by molar-refractivity contribution is -0.139. The molecule has 0 bridgehead atoms. The Labute approximate surface area is 141 Å². The van der Waals surface area contributed by atoms with Gasteiger partial charge in [0.15, 0.2) is 0 Å². The molecule has 0 radical (unpaired) electrons. The number of ether oxygens (including phenoxy) is 1. The molecule has 2 aromatic heterocycles. The molecule has 0 unspecified atom stereocenters. The van der Waals surface area contributed by atoms with Crippen LogP contribution in [-0.2, 0) is 16.1 Å². The number of amides is 1. The number of hydrogen-bond donors (Lipinski definition) is 0. The van der Waals surface area contributed by atoms with Gasteiger partial charge in [0, 0.05) is 37.6 Å². The van der Waals surface area contributed by atoms with Crippen LogP contribution in [0.4, 0.5) is 0 Å². The molecular weight excluding hydrogens is 306 g/mol. The van der Waals surface area contributed by atoms with Crippen molar-refractivity contribution in [2.45, 2.75) is 39.3 Å². The molecule has 0 saturated carbocycles. The minimum atomic E-state index is -0.172. The number of nitrogens with zero attached hydrogens (tertiary/aromatic N) is 5. The summed E-state index contributed by atoms with van der Waals surface area (Å²) < 4.78 is 7.67. The summed E-state index contributed by atoms with van der Waals surface area (Å²) in [6.45, 7) is 6.31. The van der Waals surface area contributed by atoms with Crippen molar-refractivity contribution in [3.8, 4) is 0 Å². The van der Waals surface area contributed by atoms with Gasteiger partial charge in [0.05, 0.1) is 18.8 Å². The van der Waals surface area contributed by atoms with Crippen molar-refractivity contribution >= 4 is 5.91 Å². The molecular formula is C17H23N5O2. The Hall–Kier alpha value is -2.28. The summed E-state index contributed by atoms with van der Waals surface area (Å²) in [5.41, 5.74) is 1.78. The molecule has 0 aromatic carbocycles. The third-order valence-electron chi connectivity index (χ3n) is 4.07. The van der Waals surface area contributed by atoms with E-state index in [2.05, 4.69) is 15.1 Å². The van der Waals surface area contributed by atoms with E-state index in [4.69, 9.17) is 4.74 Å².